The van der Waals surface area contributed by atoms with Gasteiger partial charge in [-0.25, -0.2) is 0 Å². The molecule has 0 saturated heterocycles. The van der Waals surface area contributed by atoms with Crippen LogP contribution in [0.5, 0.6) is 5.75 Å². The van der Waals surface area contributed by atoms with Crippen LogP contribution >= 0.6 is 0 Å². The van der Waals surface area contributed by atoms with E-state index in [0.29, 0.717) is 5.75 Å². The van der Waals surface area contributed by atoms with Crippen molar-refractivity contribution in [3.63, 3.8) is 0 Å². The molecule has 1 aromatic carbocycles. The molecule has 0 heterocycles. The summed E-state index contributed by atoms with van der Waals surface area (Å²) >= 11 is 0. The first kappa shape index (κ1) is 12.1. The van der Waals surface area contributed by atoms with Crippen molar-refractivity contribution in [3.8, 4) is 5.75 Å². The molecule has 0 radical (unpaired) electrons. The van der Waals surface area contributed by atoms with Crippen LogP contribution in [0.25, 0.3) is 0 Å². The van der Waals surface area contributed by atoms with Crippen LogP contribution in [0.1, 0.15) is 44.6 Å². The Kier molecular flexibility index (Phi) is 5.23. The molecule has 0 bridgehead atoms. The van der Waals surface area contributed by atoms with Crippen LogP contribution in [0.4, 0.5) is 0 Å². The Morgan fingerprint density at radius 2 is 1.53 bits per heavy atom. The van der Waals surface area contributed by atoms with Gasteiger partial charge in [0.1, 0.15) is 5.75 Å². The molecule has 0 aliphatic heterocycles. The number of benzene rings is 1. The second-order valence-electron chi connectivity index (χ2n) is 4.58. The number of aryl methyl sites for hydroxylation is 1. The zero-order valence-corrected chi connectivity index (χ0v) is 9.87. The number of phenols is 1. The maximum absolute atomic E-state index is 8.76. The highest BCUT2D eigenvalue weighted by molar-refractivity contribution is 5.24. The minimum atomic E-state index is 0.329. The average Bonchev–Trinajstić information content (AvgIpc) is 2.25. The van der Waals surface area contributed by atoms with Gasteiger partial charge in [0.25, 0.3) is 0 Å². The lowest BCUT2D eigenvalue weighted by Gasteiger charge is -2.15. The quantitative estimate of drug-likeness (QED) is 0.671. The van der Waals surface area contributed by atoms with Crippen LogP contribution in [0.2, 0.25) is 0 Å². The smallest absolute Gasteiger partial charge is 0.115 e. The third kappa shape index (κ3) is 5.46. The number of hydrogen-bond donors (Lipinski definition) is 1. The Hall–Kier alpha value is -0.980. The summed E-state index contributed by atoms with van der Waals surface area (Å²) in [7, 11) is 0. The van der Waals surface area contributed by atoms with Gasteiger partial charge in [-0.2, -0.15) is 0 Å². The molecule has 0 atom stereocenters. The molecule has 1 heteroatoms. The number of aromatic hydroxyl groups is 1. The summed E-state index contributed by atoms with van der Waals surface area (Å²) in [5.41, 5.74) is 1.17. The number of rotatable bonds is 0. The van der Waals surface area contributed by atoms with E-state index in [2.05, 4.69) is 6.92 Å². The molecule has 1 aliphatic rings. The van der Waals surface area contributed by atoms with Gasteiger partial charge in [0.2, 0.25) is 0 Å². The first-order chi connectivity index (χ1) is 7.18. The first-order valence-electron chi connectivity index (χ1n) is 5.94. The lowest BCUT2D eigenvalue weighted by molar-refractivity contribution is 0.385. The number of phenolic OH excluding ortho intramolecular Hbond substituents is 1. The lowest BCUT2D eigenvalue weighted by atomic mass is 9.91. The molecule has 1 fully saturated rings. The molecule has 0 spiro atoms. The van der Waals surface area contributed by atoms with Gasteiger partial charge in [-0.15, -0.1) is 0 Å². The van der Waals surface area contributed by atoms with Crippen molar-refractivity contribution in [3.05, 3.63) is 29.8 Å². The van der Waals surface area contributed by atoms with E-state index in [-0.39, 0.29) is 0 Å². The van der Waals surface area contributed by atoms with Gasteiger partial charge < -0.3 is 5.11 Å². The molecular weight excluding hydrogens is 184 g/mol. The summed E-state index contributed by atoms with van der Waals surface area (Å²) < 4.78 is 0. The van der Waals surface area contributed by atoms with Crippen molar-refractivity contribution < 1.29 is 5.11 Å². The molecule has 0 aromatic heterocycles. The van der Waals surface area contributed by atoms with E-state index >= 15 is 0 Å². The van der Waals surface area contributed by atoms with Gasteiger partial charge >= 0.3 is 0 Å². The maximum Gasteiger partial charge on any atom is 0.115 e. The summed E-state index contributed by atoms with van der Waals surface area (Å²) in [6.07, 6.45) is 7.44. The van der Waals surface area contributed by atoms with Crippen LogP contribution < -0.4 is 0 Å². The predicted octanol–water partition coefficient (Wildman–Crippen LogP) is 4.29. The van der Waals surface area contributed by atoms with Gasteiger partial charge in [0.05, 0.1) is 0 Å². The van der Waals surface area contributed by atoms with Crippen LogP contribution in [-0.4, -0.2) is 5.11 Å². The highest BCUT2D eigenvalue weighted by Crippen LogP contribution is 2.22. The van der Waals surface area contributed by atoms with E-state index in [1.165, 1.54) is 37.7 Å². The fourth-order valence-electron chi connectivity index (χ4n) is 1.85. The van der Waals surface area contributed by atoms with Crippen molar-refractivity contribution in [1.29, 1.82) is 0 Å². The second-order valence-corrected chi connectivity index (χ2v) is 4.58. The van der Waals surface area contributed by atoms with E-state index < -0.39 is 0 Å². The van der Waals surface area contributed by atoms with E-state index in [1.807, 2.05) is 19.1 Å². The Morgan fingerprint density at radius 1 is 1.00 bits per heavy atom. The van der Waals surface area contributed by atoms with Gasteiger partial charge in [0.15, 0.2) is 0 Å². The van der Waals surface area contributed by atoms with Crippen LogP contribution in [0.15, 0.2) is 24.3 Å². The summed E-state index contributed by atoms with van der Waals surface area (Å²) in [6, 6.07) is 7.09. The third-order valence-electron chi connectivity index (χ3n) is 2.93. The first-order valence-corrected chi connectivity index (χ1v) is 5.94. The minimum absolute atomic E-state index is 0.329. The standard InChI is InChI=1S/C7H8O.C7H14/c1-6-2-4-7(8)5-3-6;1-7-5-3-2-4-6-7/h2-5,8H,1H3;7H,2-6H2,1H3. The molecule has 15 heavy (non-hydrogen) atoms. The summed E-state index contributed by atoms with van der Waals surface area (Å²) in [5, 5.41) is 8.76. The van der Waals surface area contributed by atoms with E-state index in [9.17, 15) is 0 Å². The van der Waals surface area contributed by atoms with Crippen LogP contribution in [0, 0.1) is 12.8 Å². The Labute approximate surface area is 93.1 Å². The fourth-order valence-corrected chi connectivity index (χ4v) is 1.85. The summed E-state index contributed by atoms with van der Waals surface area (Å²) in [6.45, 7) is 4.35. The second kappa shape index (κ2) is 6.49. The molecule has 0 unspecified atom stereocenters. The van der Waals surface area contributed by atoms with Crippen LogP contribution in [-0.2, 0) is 0 Å². The topological polar surface area (TPSA) is 20.2 Å². The summed E-state index contributed by atoms with van der Waals surface area (Å²) in [4.78, 5) is 0. The van der Waals surface area contributed by atoms with E-state index in [4.69, 9.17) is 5.11 Å². The predicted molar refractivity (Wildman–Crippen MR) is 65.1 cm³/mol. The number of hydrogen-bond acceptors (Lipinski definition) is 1. The Balaban J connectivity index is 0.000000151. The highest BCUT2D eigenvalue weighted by atomic mass is 16.3. The van der Waals surface area contributed by atoms with Gasteiger partial charge in [-0.05, 0) is 25.0 Å². The molecule has 1 aromatic rings. The Morgan fingerprint density at radius 3 is 1.87 bits per heavy atom. The zero-order valence-electron chi connectivity index (χ0n) is 9.87. The average molecular weight is 206 g/mol. The van der Waals surface area contributed by atoms with Crippen molar-refractivity contribution in [2.75, 3.05) is 0 Å². The third-order valence-corrected chi connectivity index (χ3v) is 2.93. The molecule has 1 nitrogen and oxygen atoms in total. The molecule has 2 rings (SSSR count). The van der Waals surface area contributed by atoms with Gasteiger partial charge in [-0.3, -0.25) is 0 Å². The summed E-state index contributed by atoms with van der Waals surface area (Å²) in [5.74, 6) is 1.37. The molecule has 1 aliphatic carbocycles. The van der Waals surface area contributed by atoms with Crippen molar-refractivity contribution in [2.45, 2.75) is 46.0 Å². The minimum Gasteiger partial charge on any atom is -0.508 e. The normalized spacial score (nSPS) is 16.7. The van der Waals surface area contributed by atoms with Crippen molar-refractivity contribution in [2.24, 2.45) is 5.92 Å². The molecule has 1 saturated carbocycles. The lowest BCUT2D eigenvalue weighted by Crippen LogP contribution is -1.99. The zero-order chi connectivity index (χ0) is 11.1. The molecule has 1 N–H and O–H groups in total. The SMILES string of the molecule is CC1CCCCC1.Cc1ccc(O)cc1. The molecule has 0 amide bonds. The van der Waals surface area contributed by atoms with Gasteiger partial charge in [0, 0.05) is 0 Å². The highest BCUT2D eigenvalue weighted by Gasteiger charge is 2.05. The van der Waals surface area contributed by atoms with Crippen LogP contribution in [0.3, 0.4) is 0 Å². The molecule has 84 valence electrons. The van der Waals surface area contributed by atoms with Crippen molar-refractivity contribution in [1.82, 2.24) is 0 Å². The largest absolute Gasteiger partial charge is 0.508 e. The van der Waals surface area contributed by atoms with Gasteiger partial charge in [-0.1, -0.05) is 56.7 Å². The van der Waals surface area contributed by atoms with E-state index in [0.717, 1.165) is 5.92 Å². The molecular formula is C14H22O. The maximum atomic E-state index is 8.76. The van der Waals surface area contributed by atoms with Crippen molar-refractivity contribution >= 4 is 0 Å². The Bertz CT molecular complexity index is 236. The van der Waals surface area contributed by atoms with E-state index in [1.54, 1.807) is 12.1 Å². The monoisotopic (exact) mass is 206 g/mol. The fraction of sp³-hybridized carbons (Fsp3) is 0.571.